The van der Waals surface area contributed by atoms with Crippen LogP contribution in [0.4, 0.5) is 0 Å². The molecule has 3 aliphatic rings. The zero-order valence-electron chi connectivity index (χ0n) is 16.4. The molecule has 1 unspecified atom stereocenters. The van der Waals surface area contributed by atoms with E-state index in [0.717, 1.165) is 12.8 Å². The number of hydrogen-bond acceptors (Lipinski definition) is 3. The maximum absolute atomic E-state index is 12.8. The van der Waals surface area contributed by atoms with Gasteiger partial charge in [0.2, 0.25) is 11.8 Å². The second-order valence-electron chi connectivity index (χ2n) is 8.61. The molecule has 150 valence electrons. The molecule has 0 radical (unpaired) electrons. The minimum absolute atomic E-state index is 0.00832. The van der Waals surface area contributed by atoms with E-state index in [1.807, 2.05) is 36.4 Å². The van der Waals surface area contributed by atoms with Gasteiger partial charge in [0.25, 0.3) is 0 Å². The second kappa shape index (κ2) is 7.64. The molecule has 2 amide bonds. The number of hydrogen-bond donors (Lipinski definition) is 3. The fourth-order valence-corrected chi connectivity index (χ4v) is 4.66. The summed E-state index contributed by atoms with van der Waals surface area (Å²) in [6, 6.07) is 21.0. The lowest BCUT2D eigenvalue weighted by atomic mass is 9.94. The minimum Gasteiger partial charge on any atom is -0.352 e. The quantitative estimate of drug-likeness (QED) is 0.709. The Morgan fingerprint density at radius 3 is 1.52 bits per heavy atom. The monoisotopic (exact) mass is 389 g/mol. The first-order valence-electron chi connectivity index (χ1n) is 10.6. The van der Waals surface area contributed by atoms with E-state index in [1.165, 1.54) is 11.1 Å². The molecule has 6 atom stereocenters. The Balaban J connectivity index is 1.14. The summed E-state index contributed by atoms with van der Waals surface area (Å²) in [6.45, 7) is 1.14. The fourth-order valence-electron chi connectivity index (χ4n) is 4.66. The highest BCUT2D eigenvalue weighted by Crippen LogP contribution is 2.42. The van der Waals surface area contributed by atoms with E-state index in [1.54, 1.807) is 0 Å². The first kappa shape index (κ1) is 18.4. The number of nitrogens with one attached hydrogen (secondary N) is 3. The van der Waals surface area contributed by atoms with E-state index in [9.17, 15) is 9.59 Å². The van der Waals surface area contributed by atoms with Gasteiger partial charge in [-0.2, -0.15) is 0 Å². The Hall–Kier alpha value is -2.66. The Bertz CT molecular complexity index is 812. The number of carbonyl (C=O) groups excluding carboxylic acids is 2. The number of amides is 2. The molecule has 2 aromatic carbocycles. The van der Waals surface area contributed by atoms with Gasteiger partial charge in [0, 0.05) is 37.0 Å². The molecule has 29 heavy (non-hydrogen) atoms. The van der Waals surface area contributed by atoms with E-state index < -0.39 is 0 Å². The summed E-state index contributed by atoms with van der Waals surface area (Å²) >= 11 is 0. The van der Waals surface area contributed by atoms with E-state index >= 15 is 0 Å². The maximum Gasteiger partial charge on any atom is 0.225 e. The normalized spacial score (nSPS) is 32.4. The zero-order chi connectivity index (χ0) is 19.8. The highest BCUT2D eigenvalue weighted by Gasteiger charge is 2.46. The van der Waals surface area contributed by atoms with Crippen LogP contribution in [0.2, 0.25) is 0 Å². The van der Waals surface area contributed by atoms with Crippen LogP contribution in [0.15, 0.2) is 60.7 Å². The summed E-state index contributed by atoms with van der Waals surface area (Å²) in [5, 5.41) is 9.58. The summed E-state index contributed by atoms with van der Waals surface area (Å²) in [5.41, 5.74) is 2.55. The van der Waals surface area contributed by atoms with Gasteiger partial charge in [-0.1, -0.05) is 60.7 Å². The fraction of sp³-hybridized carbons (Fsp3) is 0.417. The van der Waals surface area contributed by atoms with Crippen molar-refractivity contribution in [2.75, 3.05) is 13.1 Å². The van der Waals surface area contributed by atoms with Gasteiger partial charge in [0.15, 0.2) is 0 Å². The molecule has 5 nitrogen and oxygen atoms in total. The molecule has 0 aromatic heterocycles. The molecule has 2 aliphatic carbocycles. The molecule has 1 heterocycles. The second-order valence-corrected chi connectivity index (χ2v) is 8.61. The van der Waals surface area contributed by atoms with Gasteiger partial charge in [-0.05, 0) is 24.0 Å². The average molecular weight is 389 g/mol. The highest BCUT2D eigenvalue weighted by atomic mass is 16.2. The van der Waals surface area contributed by atoms with Crippen molar-refractivity contribution < 1.29 is 9.59 Å². The first-order valence-corrected chi connectivity index (χ1v) is 10.6. The summed E-state index contributed by atoms with van der Waals surface area (Å²) in [6.07, 6.45) is 1.96. The van der Waals surface area contributed by atoms with Gasteiger partial charge in [0.05, 0.1) is 11.8 Å². The Morgan fingerprint density at radius 2 is 1.10 bits per heavy atom. The van der Waals surface area contributed by atoms with Crippen molar-refractivity contribution >= 4 is 11.8 Å². The number of benzene rings is 2. The molecular formula is C24H27N3O2. The van der Waals surface area contributed by atoms with Gasteiger partial charge < -0.3 is 16.0 Å². The van der Waals surface area contributed by atoms with E-state index in [4.69, 9.17) is 0 Å². The standard InChI is InChI=1S/C24H27N3O2/c28-23(26-21-11-17(21)15-7-3-1-4-8-15)19-13-25-14-20(19)24(29)27-22-12-18(22)16-9-5-2-6-10-16/h1-10,17-22,25H,11-14H2,(H,26,28)(H,27,29)/t17-,18-,19-,20?,21+,22+/m1/s1. The first-order chi connectivity index (χ1) is 14.2. The molecule has 2 saturated carbocycles. The van der Waals surface area contributed by atoms with E-state index in [-0.39, 0.29) is 35.7 Å². The topological polar surface area (TPSA) is 70.2 Å². The molecule has 5 heteroatoms. The molecule has 3 N–H and O–H groups in total. The molecule has 3 fully saturated rings. The molecule has 5 rings (SSSR count). The maximum atomic E-state index is 12.8. The summed E-state index contributed by atoms with van der Waals surface area (Å²) in [4.78, 5) is 25.7. The van der Waals surface area contributed by atoms with Crippen LogP contribution in [0.5, 0.6) is 0 Å². The summed E-state index contributed by atoms with van der Waals surface area (Å²) in [7, 11) is 0. The van der Waals surface area contributed by atoms with Crippen LogP contribution in [0.25, 0.3) is 0 Å². The van der Waals surface area contributed by atoms with Crippen molar-refractivity contribution in [1.29, 1.82) is 0 Å². The van der Waals surface area contributed by atoms with Crippen LogP contribution < -0.4 is 16.0 Å². The average Bonchev–Trinajstić information content (AvgIpc) is 3.65. The lowest BCUT2D eigenvalue weighted by Gasteiger charge is -2.18. The van der Waals surface area contributed by atoms with Crippen LogP contribution >= 0.6 is 0 Å². The van der Waals surface area contributed by atoms with Crippen LogP contribution in [0.1, 0.15) is 35.8 Å². The third-order valence-electron chi connectivity index (χ3n) is 6.58. The van der Waals surface area contributed by atoms with Crippen molar-refractivity contribution in [2.45, 2.75) is 36.8 Å². The molecule has 1 saturated heterocycles. The van der Waals surface area contributed by atoms with Gasteiger partial charge in [0.1, 0.15) is 0 Å². The van der Waals surface area contributed by atoms with Crippen molar-refractivity contribution in [3.05, 3.63) is 71.8 Å². The van der Waals surface area contributed by atoms with Gasteiger partial charge in [-0.25, -0.2) is 0 Å². The molecule has 1 aliphatic heterocycles. The van der Waals surface area contributed by atoms with Crippen molar-refractivity contribution in [1.82, 2.24) is 16.0 Å². The Labute approximate surface area is 171 Å². The van der Waals surface area contributed by atoms with E-state index in [0.29, 0.717) is 24.9 Å². The van der Waals surface area contributed by atoms with Crippen LogP contribution in [-0.2, 0) is 9.59 Å². The van der Waals surface area contributed by atoms with Gasteiger partial charge >= 0.3 is 0 Å². The SMILES string of the molecule is O=C(N[C@H]1C[C@@H]1c1ccccc1)C1CNC[C@H]1C(=O)N[C@H]1C[C@@H]1c1ccccc1. The molecular weight excluding hydrogens is 362 g/mol. The number of carbonyl (C=O) groups is 2. The highest BCUT2D eigenvalue weighted by molar-refractivity contribution is 5.89. The summed E-state index contributed by atoms with van der Waals surface area (Å²) in [5.74, 6) is 0.240. The lowest BCUT2D eigenvalue weighted by Crippen LogP contribution is -2.43. The lowest BCUT2D eigenvalue weighted by molar-refractivity contribution is -0.133. The predicted molar refractivity (Wildman–Crippen MR) is 111 cm³/mol. The van der Waals surface area contributed by atoms with Gasteiger partial charge in [-0.3, -0.25) is 9.59 Å². The van der Waals surface area contributed by atoms with Crippen molar-refractivity contribution in [2.24, 2.45) is 11.8 Å². The largest absolute Gasteiger partial charge is 0.352 e. The third kappa shape index (κ3) is 3.92. The van der Waals surface area contributed by atoms with Crippen LogP contribution in [-0.4, -0.2) is 37.0 Å². The molecule has 0 bridgehead atoms. The Morgan fingerprint density at radius 1 is 0.690 bits per heavy atom. The molecule has 0 spiro atoms. The Kier molecular flexibility index (Phi) is 4.84. The van der Waals surface area contributed by atoms with Crippen LogP contribution in [0.3, 0.4) is 0 Å². The van der Waals surface area contributed by atoms with Gasteiger partial charge in [-0.15, -0.1) is 0 Å². The molecule has 2 aromatic rings. The predicted octanol–water partition coefficient (Wildman–Crippen LogP) is 2.17. The van der Waals surface area contributed by atoms with Crippen molar-refractivity contribution in [3.63, 3.8) is 0 Å². The zero-order valence-corrected chi connectivity index (χ0v) is 16.4. The van der Waals surface area contributed by atoms with E-state index in [2.05, 4.69) is 40.2 Å². The smallest absolute Gasteiger partial charge is 0.225 e. The van der Waals surface area contributed by atoms with Crippen molar-refractivity contribution in [3.8, 4) is 0 Å². The minimum atomic E-state index is -0.291. The number of rotatable bonds is 6. The van der Waals surface area contributed by atoms with Crippen LogP contribution in [0, 0.1) is 11.8 Å². The third-order valence-corrected chi connectivity index (χ3v) is 6.58. The summed E-state index contributed by atoms with van der Waals surface area (Å²) < 4.78 is 0.